The van der Waals surface area contributed by atoms with Gasteiger partial charge >= 0.3 is 0 Å². The number of aryl methyl sites for hydroxylation is 4. The van der Waals surface area contributed by atoms with E-state index < -0.39 is 0 Å². The van der Waals surface area contributed by atoms with Crippen molar-refractivity contribution in [2.24, 2.45) is 0 Å². The first-order valence-electron chi connectivity index (χ1n) is 19.9. The van der Waals surface area contributed by atoms with E-state index in [0.717, 1.165) is 48.9 Å². The zero-order valence-corrected chi connectivity index (χ0v) is 33.3. The van der Waals surface area contributed by atoms with Crippen LogP contribution in [-0.4, -0.2) is 6.54 Å². The Bertz CT molecular complexity index is 2350. The van der Waals surface area contributed by atoms with Crippen LogP contribution in [-0.2, 0) is 12.8 Å². The number of rotatable bonds is 12. The first-order chi connectivity index (χ1) is 27.4. The molecule has 0 bridgehead atoms. The van der Waals surface area contributed by atoms with Crippen molar-refractivity contribution in [1.82, 2.24) is 0 Å². The highest BCUT2D eigenvalue weighted by Gasteiger charge is 2.20. The number of anilines is 4. The van der Waals surface area contributed by atoms with E-state index in [9.17, 15) is 10.5 Å². The molecule has 0 heterocycles. The van der Waals surface area contributed by atoms with Crippen LogP contribution in [0.25, 0.3) is 0 Å². The van der Waals surface area contributed by atoms with Gasteiger partial charge in [0, 0.05) is 65.4 Å². The van der Waals surface area contributed by atoms with E-state index >= 15 is 0 Å². The standard InChI is InChI=1S/C52H52N4/c1-5-42-22-10-15-28-51(42)55(49-26-13-7-19-39(49)3)34-18-17-21-41-30-31-45(36-47(38-54)46(35-41)37-53)44-24-9-12-25-48(33-32-44)56(50-27-14-8-20-40(50)4)52-29-16-11-23-43(52)6-2/h7-20,22-23,26-33H,5-6,21,24-25,34-36H2,1-4H3/b12-9-,18-17-,41-30-,44-32-,45-31+,47-46-,48-33+. The number of para-hydroxylation sites is 4. The topological polar surface area (TPSA) is 54.1 Å². The first kappa shape index (κ1) is 39.3. The molecule has 4 aromatic carbocycles. The number of allylic oxidation sites excluding steroid dienone is 12. The lowest BCUT2D eigenvalue weighted by Gasteiger charge is -2.31. The smallest absolute Gasteiger partial charge is 0.0961 e. The summed E-state index contributed by atoms with van der Waals surface area (Å²) in [5, 5.41) is 20.6. The predicted molar refractivity (Wildman–Crippen MR) is 235 cm³/mol. The highest BCUT2D eigenvalue weighted by molar-refractivity contribution is 5.74. The van der Waals surface area contributed by atoms with Gasteiger partial charge in [0.15, 0.2) is 0 Å². The zero-order chi connectivity index (χ0) is 39.3. The molecule has 0 fully saturated rings. The summed E-state index contributed by atoms with van der Waals surface area (Å²) in [6.45, 7) is 9.46. The van der Waals surface area contributed by atoms with Crippen molar-refractivity contribution in [3.63, 3.8) is 0 Å². The van der Waals surface area contributed by atoms with Crippen molar-refractivity contribution in [2.75, 3.05) is 16.3 Å². The van der Waals surface area contributed by atoms with E-state index in [4.69, 9.17) is 0 Å². The third-order valence-corrected chi connectivity index (χ3v) is 10.8. The second kappa shape index (κ2) is 19.3. The summed E-state index contributed by atoms with van der Waals surface area (Å²) >= 11 is 0. The summed E-state index contributed by atoms with van der Waals surface area (Å²) in [6.07, 6.45) is 22.8. The van der Waals surface area contributed by atoms with E-state index in [1.807, 2.05) is 0 Å². The van der Waals surface area contributed by atoms with Gasteiger partial charge in [-0.1, -0.05) is 135 Å². The summed E-state index contributed by atoms with van der Waals surface area (Å²) < 4.78 is 0. The van der Waals surface area contributed by atoms with Crippen LogP contribution in [0.2, 0.25) is 0 Å². The van der Waals surface area contributed by atoms with Crippen molar-refractivity contribution in [1.29, 1.82) is 10.5 Å². The van der Waals surface area contributed by atoms with Gasteiger partial charge < -0.3 is 9.80 Å². The molecule has 0 atom stereocenters. The molecule has 0 saturated heterocycles. The van der Waals surface area contributed by atoms with Gasteiger partial charge in [0.25, 0.3) is 0 Å². The number of hydrogen-bond acceptors (Lipinski definition) is 4. The Morgan fingerprint density at radius 3 is 1.79 bits per heavy atom. The number of nitrogens with zero attached hydrogens (tertiary/aromatic N) is 4. The monoisotopic (exact) mass is 732 g/mol. The van der Waals surface area contributed by atoms with Crippen molar-refractivity contribution >= 4 is 22.7 Å². The fourth-order valence-electron chi connectivity index (χ4n) is 7.66. The highest BCUT2D eigenvalue weighted by atomic mass is 15.2. The van der Waals surface area contributed by atoms with Crippen LogP contribution in [0.15, 0.2) is 179 Å². The lowest BCUT2D eigenvalue weighted by molar-refractivity contribution is 0.995. The van der Waals surface area contributed by atoms with Gasteiger partial charge in [0.1, 0.15) is 0 Å². The molecule has 0 amide bonds. The largest absolute Gasteiger partial charge is 0.337 e. The van der Waals surface area contributed by atoms with Crippen LogP contribution < -0.4 is 9.80 Å². The van der Waals surface area contributed by atoms with Crippen LogP contribution in [0, 0.1) is 36.5 Å². The molecule has 0 spiro atoms. The molecule has 56 heavy (non-hydrogen) atoms. The van der Waals surface area contributed by atoms with E-state index in [-0.39, 0.29) is 0 Å². The maximum absolute atomic E-state index is 10.3. The van der Waals surface area contributed by atoms with Crippen molar-refractivity contribution < 1.29 is 0 Å². The van der Waals surface area contributed by atoms with E-state index in [1.165, 1.54) is 50.7 Å². The number of nitriles is 2. The molecule has 0 N–H and O–H groups in total. The average Bonchev–Trinajstić information content (AvgIpc) is 3.21. The maximum Gasteiger partial charge on any atom is 0.0961 e. The van der Waals surface area contributed by atoms with Gasteiger partial charge in [-0.25, -0.2) is 0 Å². The lowest BCUT2D eigenvalue weighted by atomic mass is 9.88. The molecule has 0 aromatic heterocycles. The first-order valence-corrected chi connectivity index (χ1v) is 19.9. The summed E-state index contributed by atoms with van der Waals surface area (Å²) in [5.41, 5.74) is 15.4. The van der Waals surface area contributed by atoms with Gasteiger partial charge in [-0.15, -0.1) is 0 Å². The average molecular weight is 733 g/mol. The zero-order valence-electron chi connectivity index (χ0n) is 33.3. The Morgan fingerprint density at radius 2 is 1.12 bits per heavy atom. The number of hydrogen-bond donors (Lipinski definition) is 0. The van der Waals surface area contributed by atoms with Gasteiger partial charge in [-0.2, -0.15) is 10.5 Å². The predicted octanol–water partition coefficient (Wildman–Crippen LogP) is 13.5. The number of benzene rings is 4. The normalized spacial score (nSPS) is 20.2. The summed E-state index contributed by atoms with van der Waals surface area (Å²) in [6, 6.07) is 39.2. The van der Waals surface area contributed by atoms with E-state index in [2.05, 4.69) is 195 Å². The molecule has 4 aromatic rings. The molecular weight excluding hydrogens is 681 g/mol. The molecule has 4 nitrogen and oxygen atoms in total. The Kier molecular flexibility index (Phi) is 13.6. The molecule has 0 saturated carbocycles. The Labute approximate surface area is 334 Å². The Morgan fingerprint density at radius 1 is 0.571 bits per heavy atom. The minimum atomic E-state index is 0.435. The Balaban J connectivity index is 1.33. The van der Waals surface area contributed by atoms with Crippen molar-refractivity contribution in [3.05, 3.63) is 201 Å². The molecule has 0 radical (unpaired) electrons. The third kappa shape index (κ3) is 9.29. The van der Waals surface area contributed by atoms with Gasteiger partial charge in [-0.3, -0.25) is 0 Å². The van der Waals surface area contributed by atoms with Crippen LogP contribution >= 0.6 is 0 Å². The van der Waals surface area contributed by atoms with Gasteiger partial charge in [0.2, 0.25) is 0 Å². The van der Waals surface area contributed by atoms with E-state index in [1.54, 1.807) is 0 Å². The lowest BCUT2D eigenvalue weighted by Crippen LogP contribution is -2.19. The van der Waals surface area contributed by atoms with Crippen LogP contribution in [0.1, 0.15) is 68.2 Å². The van der Waals surface area contributed by atoms with E-state index in [0.29, 0.717) is 30.4 Å². The molecule has 6 rings (SSSR count). The Hall–Kier alpha value is -6.36. The molecule has 280 valence electrons. The summed E-state index contributed by atoms with van der Waals surface area (Å²) in [4.78, 5) is 4.80. The van der Waals surface area contributed by atoms with Crippen LogP contribution in [0.5, 0.6) is 0 Å². The second-order valence-corrected chi connectivity index (χ2v) is 14.4. The quantitative estimate of drug-likeness (QED) is 0.136. The van der Waals surface area contributed by atoms with Gasteiger partial charge in [-0.05, 0) is 103 Å². The molecule has 2 aliphatic carbocycles. The molecule has 0 unspecified atom stereocenters. The van der Waals surface area contributed by atoms with Crippen LogP contribution in [0.3, 0.4) is 0 Å². The molecule has 2 aliphatic rings. The maximum atomic E-state index is 10.3. The van der Waals surface area contributed by atoms with Crippen LogP contribution in [0.4, 0.5) is 22.7 Å². The van der Waals surface area contributed by atoms with Crippen molar-refractivity contribution in [2.45, 2.75) is 72.6 Å². The molecular formula is C52H52N4. The molecule has 4 heteroatoms. The van der Waals surface area contributed by atoms with Crippen molar-refractivity contribution in [3.8, 4) is 12.1 Å². The minimum absolute atomic E-state index is 0.435. The SMILES string of the molecule is CCc1ccccc1N(C/C=C\C/C1=C/C=C(/C2=C\C=C(\N(c3ccccc3C)c3ccccc3CC)C/C=C\C2)C/C(C#N)=C(/C#N)C1)c1ccccc1C. The minimum Gasteiger partial charge on any atom is -0.337 e. The van der Waals surface area contributed by atoms with Gasteiger partial charge in [0.05, 0.1) is 12.1 Å². The summed E-state index contributed by atoms with van der Waals surface area (Å²) in [5.74, 6) is 0. The fourth-order valence-corrected chi connectivity index (χ4v) is 7.66. The highest BCUT2D eigenvalue weighted by Crippen LogP contribution is 2.38. The third-order valence-electron chi connectivity index (χ3n) is 10.8. The molecule has 0 aliphatic heterocycles. The fraction of sp³-hybridized carbons (Fsp3) is 0.231. The second-order valence-electron chi connectivity index (χ2n) is 14.4. The summed E-state index contributed by atoms with van der Waals surface area (Å²) in [7, 11) is 0.